The third-order valence-corrected chi connectivity index (χ3v) is 4.92. The largest absolute Gasteiger partial charge is 0.452 e. The minimum atomic E-state index is -0.489. The molecule has 0 radical (unpaired) electrons. The number of carbonyl (C=O) groups excluding carboxylic acids is 2. The number of hydrogen-bond acceptors (Lipinski definition) is 6. The molecule has 0 bridgehead atoms. The van der Waals surface area contributed by atoms with E-state index < -0.39 is 5.97 Å². The molecule has 0 unspecified atom stereocenters. The molecule has 0 aliphatic carbocycles. The molecule has 1 aromatic heterocycles. The van der Waals surface area contributed by atoms with Crippen LogP contribution in [0.15, 0.2) is 53.1 Å². The average Bonchev–Trinajstić information content (AvgIpc) is 3.22. The van der Waals surface area contributed by atoms with Crippen LogP contribution >= 0.6 is 0 Å². The number of carbonyl (C=O) groups is 2. The van der Waals surface area contributed by atoms with Crippen molar-refractivity contribution in [2.45, 2.75) is 32.8 Å². The zero-order chi connectivity index (χ0) is 20.2. The fourth-order valence-electron chi connectivity index (χ4n) is 3.31. The Labute approximate surface area is 168 Å². The molecule has 1 aliphatic rings. The third-order valence-electron chi connectivity index (χ3n) is 4.92. The highest BCUT2D eigenvalue weighted by molar-refractivity contribution is 5.95. The van der Waals surface area contributed by atoms with Crippen molar-refractivity contribution in [1.82, 2.24) is 10.1 Å². The van der Waals surface area contributed by atoms with Crippen molar-refractivity contribution in [3.63, 3.8) is 0 Å². The zero-order valence-corrected chi connectivity index (χ0v) is 16.1. The summed E-state index contributed by atoms with van der Waals surface area (Å²) in [4.78, 5) is 30.4. The summed E-state index contributed by atoms with van der Waals surface area (Å²) in [6.45, 7) is 2.57. The molecule has 4 rings (SSSR count). The van der Waals surface area contributed by atoms with Crippen LogP contribution in [0.1, 0.15) is 41.1 Å². The minimum Gasteiger partial charge on any atom is -0.452 e. The topological polar surface area (TPSA) is 85.5 Å². The first kappa shape index (κ1) is 18.9. The second kappa shape index (κ2) is 8.26. The van der Waals surface area contributed by atoms with Crippen LogP contribution in [0.3, 0.4) is 0 Å². The van der Waals surface area contributed by atoms with Crippen molar-refractivity contribution in [3.8, 4) is 11.4 Å². The standard InChI is InChI=1S/C22H21N3O4/c1-15-6-2-3-7-18(15)21-23-19(29-24-21)14-28-22(27)16-9-11-17(12-10-16)25-13-5-4-8-20(25)26/h2-3,6-7,9-12H,4-5,8,13-14H2,1H3. The maximum absolute atomic E-state index is 12.3. The molecule has 148 valence electrons. The number of rotatable bonds is 5. The molecule has 2 heterocycles. The van der Waals surface area contributed by atoms with Gasteiger partial charge in [0.25, 0.3) is 5.89 Å². The third kappa shape index (κ3) is 4.18. The maximum atomic E-state index is 12.3. The van der Waals surface area contributed by atoms with Gasteiger partial charge in [0.2, 0.25) is 11.7 Å². The van der Waals surface area contributed by atoms with Crippen molar-refractivity contribution in [3.05, 3.63) is 65.5 Å². The second-order valence-corrected chi connectivity index (χ2v) is 6.95. The van der Waals surface area contributed by atoms with Crippen molar-refractivity contribution in [1.29, 1.82) is 0 Å². The lowest BCUT2D eigenvalue weighted by atomic mass is 10.1. The first-order valence-corrected chi connectivity index (χ1v) is 9.58. The summed E-state index contributed by atoms with van der Waals surface area (Å²) < 4.78 is 10.5. The zero-order valence-electron chi connectivity index (χ0n) is 16.1. The van der Waals surface area contributed by atoms with Crippen molar-refractivity contribution in [2.24, 2.45) is 0 Å². The lowest BCUT2D eigenvalue weighted by Gasteiger charge is -2.26. The number of amides is 1. The number of benzene rings is 2. The monoisotopic (exact) mass is 391 g/mol. The van der Waals surface area contributed by atoms with Crippen LogP contribution in [0.2, 0.25) is 0 Å². The van der Waals surface area contributed by atoms with E-state index in [2.05, 4.69) is 10.1 Å². The first-order chi connectivity index (χ1) is 14.1. The normalized spacial score (nSPS) is 14.1. The first-order valence-electron chi connectivity index (χ1n) is 9.58. The SMILES string of the molecule is Cc1ccccc1-c1noc(COC(=O)c2ccc(N3CCCCC3=O)cc2)n1. The number of anilines is 1. The molecule has 1 amide bonds. The van der Waals surface area contributed by atoms with Gasteiger partial charge in [-0.3, -0.25) is 4.79 Å². The van der Waals surface area contributed by atoms with Gasteiger partial charge in [0, 0.05) is 24.2 Å². The van der Waals surface area contributed by atoms with Gasteiger partial charge in [0.15, 0.2) is 6.61 Å². The van der Waals surface area contributed by atoms with Gasteiger partial charge in [-0.25, -0.2) is 4.79 Å². The molecule has 3 aromatic rings. The highest BCUT2D eigenvalue weighted by Gasteiger charge is 2.20. The summed E-state index contributed by atoms with van der Waals surface area (Å²) in [6.07, 6.45) is 2.49. The van der Waals surface area contributed by atoms with Crippen molar-refractivity contribution in [2.75, 3.05) is 11.4 Å². The van der Waals surface area contributed by atoms with Crippen LogP contribution in [0, 0.1) is 6.92 Å². The number of piperidine rings is 1. The molecule has 7 heteroatoms. The van der Waals surface area contributed by atoms with Crippen LogP contribution in [0.25, 0.3) is 11.4 Å². The molecule has 0 saturated carbocycles. The Morgan fingerprint density at radius 3 is 2.69 bits per heavy atom. The molecule has 0 spiro atoms. The molecule has 0 N–H and O–H groups in total. The van der Waals surface area contributed by atoms with E-state index in [-0.39, 0.29) is 18.4 Å². The summed E-state index contributed by atoms with van der Waals surface area (Å²) in [5.74, 6) is 0.321. The van der Waals surface area contributed by atoms with E-state index in [4.69, 9.17) is 9.26 Å². The highest BCUT2D eigenvalue weighted by Crippen LogP contribution is 2.22. The Hall–Kier alpha value is -3.48. The summed E-state index contributed by atoms with van der Waals surface area (Å²) in [5.41, 5.74) is 3.10. The second-order valence-electron chi connectivity index (χ2n) is 6.95. The van der Waals surface area contributed by atoms with Crippen molar-refractivity contribution < 1.29 is 18.8 Å². The minimum absolute atomic E-state index is 0.107. The predicted molar refractivity (Wildman–Crippen MR) is 106 cm³/mol. The lowest BCUT2D eigenvalue weighted by Crippen LogP contribution is -2.35. The molecule has 7 nitrogen and oxygen atoms in total. The molecular formula is C22H21N3O4. The van der Waals surface area contributed by atoms with Crippen LogP contribution in [-0.4, -0.2) is 28.6 Å². The summed E-state index contributed by atoms with van der Waals surface area (Å²) in [6, 6.07) is 14.6. The number of hydrogen-bond donors (Lipinski definition) is 0. The Bertz CT molecular complexity index is 1030. The number of aryl methyl sites for hydroxylation is 1. The van der Waals surface area contributed by atoms with Gasteiger partial charge in [-0.2, -0.15) is 4.98 Å². The Kier molecular flexibility index (Phi) is 5.37. The van der Waals surface area contributed by atoms with Gasteiger partial charge in [-0.15, -0.1) is 0 Å². The Morgan fingerprint density at radius 2 is 1.93 bits per heavy atom. The van der Waals surface area contributed by atoms with Crippen LogP contribution in [-0.2, 0) is 16.1 Å². The van der Waals surface area contributed by atoms with Gasteiger partial charge in [-0.05, 0) is 49.6 Å². The fourth-order valence-corrected chi connectivity index (χ4v) is 3.31. The average molecular weight is 391 g/mol. The summed E-state index contributed by atoms with van der Waals surface area (Å²) in [5, 5.41) is 3.95. The molecule has 1 aliphatic heterocycles. The van der Waals surface area contributed by atoms with E-state index in [0.717, 1.165) is 29.7 Å². The quantitative estimate of drug-likeness (QED) is 0.613. The van der Waals surface area contributed by atoms with Gasteiger partial charge in [-0.1, -0.05) is 29.4 Å². The maximum Gasteiger partial charge on any atom is 0.338 e. The summed E-state index contributed by atoms with van der Waals surface area (Å²) in [7, 11) is 0. The lowest BCUT2D eigenvalue weighted by molar-refractivity contribution is -0.119. The highest BCUT2D eigenvalue weighted by atomic mass is 16.6. The number of esters is 1. The smallest absolute Gasteiger partial charge is 0.338 e. The summed E-state index contributed by atoms with van der Waals surface area (Å²) >= 11 is 0. The Morgan fingerprint density at radius 1 is 1.14 bits per heavy atom. The molecular weight excluding hydrogens is 370 g/mol. The van der Waals surface area contributed by atoms with E-state index >= 15 is 0 Å². The van der Waals surface area contributed by atoms with Crippen LogP contribution < -0.4 is 4.90 Å². The molecule has 1 saturated heterocycles. The van der Waals surface area contributed by atoms with E-state index in [1.807, 2.05) is 31.2 Å². The van der Waals surface area contributed by atoms with Gasteiger partial charge in [0.05, 0.1) is 5.56 Å². The van der Waals surface area contributed by atoms with Gasteiger partial charge >= 0.3 is 5.97 Å². The Balaban J connectivity index is 1.38. The van der Waals surface area contributed by atoms with Gasteiger partial charge in [0.1, 0.15) is 0 Å². The number of aromatic nitrogens is 2. The van der Waals surface area contributed by atoms with Crippen molar-refractivity contribution >= 4 is 17.6 Å². The van der Waals surface area contributed by atoms with Crippen LogP contribution in [0.5, 0.6) is 0 Å². The predicted octanol–water partition coefficient (Wildman–Crippen LogP) is 3.92. The molecule has 1 fully saturated rings. The fraction of sp³-hybridized carbons (Fsp3) is 0.273. The van der Waals surface area contributed by atoms with Crippen LogP contribution in [0.4, 0.5) is 5.69 Å². The molecule has 29 heavy (non-hydrogen) atoms. The van der Waals surface area contributed by atoms with Gasteiger partial charge < -0.3 is 14.2 Å². The number of ether oxygens (including phenoxy) is 1. The number of nitrogens with zero attached hydrogens (tertiary/aromatic N) is 3. The van der Waals surface area contributed by atoms with E-state index in [1.165, 1.54) is 0 Å². The molecule has 2 aromatic carbocycles. The molecule has 0 atom stereocenters. The van der Waals surface area contributed by atoms with E-state index in [9.17, 15) is 9.59 Å². The van der Waals surface area contributed by atoms with E-state index in [1.54, 1.807) is 29.2 Å². The van der Waals surface area contributed by atoms with E-state index in [0.29, 0.717) is 24.4 Å².